The molecule has 2 N–H and O–H groups in total. The van der Waals surface area contributed by atoms with E-state index in [1.165, 1.54) is 0 Å². The van der Waals surface area contributed by atoms with Gasteiger partial charge in [0.05, 0.1) is 12.4 Å². The minimum atomic E-state index is -0.219. The zero-order valence-electron chi connectivity index (χ0n) is 12.0. The van der Waals surface area contributed by atoms with Crippen LogP contribution in [0.4, 0.5) is 0 Å². The molecule has 2 rings (SSSR count). The molecule has 0 aliphatic heterocycles. The van der Waals surface area contributed by atoms with Gasteiger partial charge in [-0.1, -0.05) is 12.1 Å². The molecule has 0 aliphatic carbocycles. The summed E-state index contributed by atoms with van der Waals surface area (Å²) in [6.07, 6.45) is 5.43. The van der Waals surface area contributed by atoms with Crippen molar-refractivity contribution in [1.29, 1.82) is 0 Å². The minimum Gasteiger partial charge on any atom is -0.358 e. The minimum absolute atomic E-state index is 0.00751. The fourth-order valence-corrected chi connectivity index (χ4v) is 2.11. The third kappa shape index (κ3) is 3.24. The van der Waals surface area contributed by atoms with Gasteiger partial charge in [-0.25, -0.2) is 4.98 Å². The summed E-state index contributed by atoms with van der Waals surface area (Å²) in [6, 6.07) is 8.09. The molecule has 1 heterocycles. The highest BCUT2D eigenvalue weighted by Crippen LogP contribution is 2.16. The molecule has 0 fully saturated rings. The van der Waals surface area contributed by atoms with Crippen molar-refractivity contribution in [3.05, 3.63) is 48.5 Å². The van der Waals surface area contributed by atoms with E-state index in [-0.39, 0.29) is 18.0 Å². The quantitative estimate of drug-likeness (QED) is 0.870. The van der Waals surface area contributed by atoms with E-state index in [2.05, 4.69) is 27.8 Å². The predicted octanol–water partition coefficient (Wildman–Crippen LogP) is 1.66. The van der Waals surface area contributed by atoms with Gasteiger partial charge in [0.1, 0.15) is 0 Å². The lowest BCUT2D eigenvalue weighted by atomic mass is 10.1. The first-order valence-corrected chi connectivity index (χ1v) is 6.67. The first kappa shape index (κ1) is 14.3. The molecule has 1 aromatic carbocycles. The molecule has 0 aliphatic rings. The number of nitrogens with one attached hydrogen (secondary N) is 2. The van der Waals surface area contributed by atoms with Crippen LogP contribution in [0.25, 0.3) is 5.69 Å². The molecule has 0 bridgehead atoms. The number of rotatable bonds is 5. The molecule has 1 aromatic heterocycles. The molecule has 1 amide bonds. The summed E-state index contributed by atoms with van der Waals surface area (Å²) in [5.74, 6) is -0.00751. The SMILES string of the molecule is CNC(=O)C(C)NC(C)c1ccc(-n2ccnc2)cc1. The zero-order valence-corrected chi connectivity index (χ0v) is 12.0. The Kier molecular flexibility index (Phi) is 4.53. The van der Waals surface area contributed by atoms with Gasteiger partial charge in [-0.2, -0.15) is 0 Å². The fraction of sp³-hybridized carbons (Fsp3) is 0.333. The molecule has 5 heteroatoms. The van der Waals surface area contributed by atoms with Crippen LogP contribution in [-0.2, 0) is 4.79 Å². The van der Waals surface area contributed by atoms with Crippen molar-refractivity contribution < 1.29 is 4.79 Å². The number of carbonyl (C=O) groups is 1. The van der Waals surface area contributed by atoms with Crippen LogP contribution in [0.3, 0.4) is 0 Å². The van der Waals surface area contributed by atoms with Crippen molar-refractivity contribution >= 4 is 5.91 Å². The van der Waals surface area contributed by atoms with Crippen molar-refractivity contribution in [1.82, 2.24) is 20.2 Å². The van der Waals surface area contributed by atoms with Gasteiger partial charge in [-0.3, -0.25) is 10.1 Å². The van der Waals surface area contributed by atoms with E-state index >= 15 is 0 Å². The normalized spacial score (nSPS) is 13.8. The van der Waals surface area contributed by atoms with Gasteiger partial charge in [0.25, 0.3) is 0 Å². The Bertz CT molecular complexity index is 548. The van der Waals surface area contributed by atoms with Gasteiger partial charge in [-0.15, -0.1) is 0 Å². The average Bonchev–Trinajstić information content (AvgIpc) is 3.00. The van der Waals surface area contributed by atoms with Crippen LogP contribution < -0.4 is 10.6 Å². The number of benzene rings is 1. The van der Waals surface area contributed by atoms with Crippen molar-refractivity contribution in [2.24, 2.45) is 0 Å². The molecular weight excluding hydrogens is 252 g/mol. The maximum Gasteiger partial charge on any atom is 0.236 e. The lowest BCUT2D eigenvalue weighted by Gasteiger charge is -2.19. The van der Waals surface area contributed by atoms with Crippen LogP contribution in [0.1, 0.15) is 25.5 Å². The smallest absolute Gasteiger partial charge is 0.236 e. The number of aromatic nitrogens is 2. The van der Waals surface area contributed by atoms with Gasteiger partial charge < -0.3 is 9.88 Å². The van der Waals surface area contributed by atoms with Crippen LogP contribution in [0, 0.1) is 0 Å². The molecule has 0 saturated heterocycles. The largest absolute Gasteiger partial charge is 0.358 e. The van der Waals surface area contributed by atoms with Crippen LogP contribution in [-0.4, -0.2) is 28.5 Å². The second-order valence-corrected chi connectivity index (χ2v) is 4.79. The maximum absolute atomic E-state index is 11.5. The molecule has 2 aromatic rings. The van der Waals surface area contributed by atoms with E-state index in [1.54, 1.807) is 19.6 Å². The number of imidazole rings is 1. The third-order valence-electron chi connectivity index (χ3n) is 3.34. The molecule has 106 valence electrons. The molecule has 2 atom stereocenters. The van der Waals surface area contributed by atoms with E-state index in [0.29, 0.717) is 0 Å². The average molecular weight is 272 g/mol. The summed E-state index contributed by atoms with van der Waals surface area (Å²) < 4.78 is 1.95. The van der Waals surface area contributed by atoms with Gasteiger partial charge in [0, 0.05) is 31.2 Å². The summed E-state index contributed by atoms with van der Waals surface area (Å²) in [6.45, 7) is 3.90. The standard InChI is InChI=1S/C15H20N4O/c1-11(18-12(2)15(20)16-3)13-4-6-14(7-5-13)19-9-8-17-10-19/h4-12,18H,1-3H3,(H,16,20). The summed E-state index contributed by atoms with van der Waals surface area (Å²) in [5, 5.41) is 5.91. The van der Waals surface area contributed by atoms with Crippen LogP contribution >= 0.6 is 0 Å². The number of hydrogen-bond donors (Lipinski definition) is 2. The van der Waals surface area contributed by atoms with Gasteiger partial charge in [0.2, 0.25) is 5.91 Å². The molecular formula is C15H20N4O. The van der Waals surface area contributed by atoms with E-state index in [9.17, 15) is 4.79 Å². The van der Waals surface area contributed by atoms with Crippen molar-refractivity contribution in [2.45, 2.75) is 25.9 Å². The highest BCUT2D eigenvalue weighted by Gasteiger charge is 2.14. The first-order chi connectivity index (χ1) is 9.61. The lowest BCUT2D eigenvalue weighted by Crippen LogP contribution is -2.41. The number of nitrogens with zero attached hydrogens (tertiary/aromatic N) is 2. The second-order valence-electron chi connectivity index (χ2n) is 4.79. The Morgan fingerprint density at radius 3 is 2.50 bits per heavy atom. The highest BCUT2D eigenvalue weighted by atomic mass is 16.2. The Labute approximate surface area is 119 Å². The van der Waals surface area contributed by atoms with Gasteiger partial charge >= 0.3 is 0 Å². The number of amides is 1. The summed E-state index contributed by atoms with van der Waals surface area (Å²) in [4.78, 5) is 15.5. The third-order valence-corrected chi connectivity index (χ3v) is 3.34. The van der Waals surface area contributed by atoms with E-state index in [0.717, 1.165) is 11.3 Å². The Morgan fingerprint density at radius 1 is 1.25 bits per heavy atom. The van der Waals surface area contributed by atoms with Crippen molar-refractivity contribution in [3.8, 4) is 5.69 Å². The van der Waals surface area contributed by atoms with Crippen molar-refractivity contribution in [3.63, 3.8) is 0 Å². The Balaban J connectivity index is 2.04. The molecule has 0 radical (unpaired) electrons. The Hall–Kier alpha value is -2.14. The number of carbonyl (C=O) groups excluding carboxylic acids is 1. The van der Waals surface area contributed by atoms with Crippen molar-refractivity contribution in [2.75, 3.05) is 7.05 Å². The summed E-state index contributed by atoms with van der Waals surface area (Å²) in [5.41, 5.74) is 2.21. The fourth-order valence-electron chi connectivity index (χ4n) is 2.11. The van der Waals surface area contributed by atoms with Gasteiger partial charge in [-0.05, 0) is 31.5 Å². The van der Waals surface area contributed by atoms with Crippen LogP contribution in [0.15, 0.2) is 43.0 Å². The lowest BCUT2D eigenvalue weighted by molar-refractivity contribution is -0.122. The number of likely N-dealkylation sites (N-methyl/N-ethyl adjacent to an activating group) is 1. The zero-order chi connectivity index (χ0) is 14.5. The van der Waals surface area contributed by atoms with Gasteiger partial charge in [0.15, 0.2) is 0 Å². The monoisotopic (exact) mass is 272 g/mol. The topological polar surface area (TPSA) is 59.0 Å². The molecule has 0 saturated carbocycles. The molecule has 20 heavy (non-hydrogen) atoms. The predicted molar refractivity (Wildman–Crippen MR) is 78.6 cm³/mol. The van der Waals surface area contributed by atoms with E-state index in [4.69, 9.17) is 0 Å². The first-order valence-electron chi connectivity index (χ1n) is 6.67. The summed E-state index contributed by atoms with van der Waals surface area (Å²) >= 11 is 0. The van der Waals surface area contributed by atoms with Crippen LogP contribution in [0.2, 0.25) is 0 Å². The summed E-state index contributed by atoms with van der Waals surface area (Å²) in [7, 11) is 1.64. The molecule has 2 unspecified atom stereocenters. The highest BCUT2D eigenvalue weighted by molar-refractivity contribution is 5.80. The van der Waals surface area contributed by atoms with E-state index in [1.807, 2.05) is 36.7 Å². The van der Waals surface area contributed by atoms with Crippen LogP contribution in [0.5, 0.6) is 0 Å². The Morgan fingerprint density at radius 2 is 1.95 bits per heavy atom. The number of hydrogen-bond acceptors (Lipinski definition) is 3. The molecule has 5 nitrogen and oxygen atoms in total. The second kappa shape index (κ2) is 6.34. The maximum atomic E-state index is 11.5. The van der Waals surface area contributed by atoms with E-state index < -0.39 is 0 Å². The molecule has 0 spiro atoms.